The molecule has 0 atom stereocenters. The van der Waals surface area contributed by atoms with Gasteiger partial charge in [-0.05, 0) is 12.3 Å². The van der Waals surface area contributed by atoms with Crippen LogP contribution < -0.4 is 15.8 Å². The number of nitrogens with zero attached hydrogens (tertiary/aromatic N) is 2. The van der Waals surface area contributed by atoms with Gasteiger partial charge in [-0.25, -0.2) is 0 Å². The van der Waals surface area contributed by atoms with Gasteiger partial charge in [0.2, 0.25) is 11.8 Å². The third-order valence-electron chi connectivity index (χ3n) is 2.32. The van der Waals surface area contributed by atoms with E-state index in [1.165, 1.54) is 0 Å². The molecule has 0 fully saturated rings. The third kappa shape index (κ3) is 5.67. The Balaban J connectivity index is 2.24. The predicted octanol–water partition coefficient (Wildman–Crippen LogP) is 1.54. The summed E-state index contributed by atoms with van der Waals surface area (Å²) in [5, 5.41) is 3.11. The molecule has 0 aliphatic carbocycles. The molecule has 1 rings (SSSR count). The maximum atomic E-state index is 5.55. The van der Waals surface area contributed by atoms with Gasteiger partial charge in [0.05, 0.1) is 13.7 Å². The number of hydrogen-bond acceptors (Lipinski definition) is 6. The molecular weight excluding hydrogens is 232 g/mol. The van der Waals surface area contributed by atoms with Crippen molar-refractivity contribution in [1.29, 1.82) is 0 Å². The molecule has 0 amide bonds. The van der Waals surface area contributed by atoms with Gasteiger partial charge in [0.25, 0.3) is 0 Å². The number of nitrogens with two attached hydrogens (primary N) is 1. The van der Waals surface area contributed by atoms with E-state index in [4.69, 9.17) is 15.2 Å². The van der Waals surface area contributed by atoms with Crippen molar-refractivity contribution in [2.45, 2.75) is 20.3 Å². The van der Waals surface area contributed by atoms with Crippen LogP contribution in [0.4, 0.5) is 11.8 Å². The van der Waals surface area contributed by atoms with E-state index in [0.717, 1.165) is 13.0 Å². The minimum absolute atomic E-state index is 0.192. The van der Waals surface area contributed by atoms with Crippen LogP contribution in [0.15, 0.2) is 6.07 Å². The first-order valence-corrected chi connectivity index (χ1v) is 6.12. The summed E-state index contributed by atoms with van der Waals surface area (Å²) in [6, 6.07) is 1.70. The molecule has 0 spiro atoms. The van der Waals surface area contributed by atoms with E-state index in [0.29, 0.717) is 30.8 Å². The van der Waals surface area contributed by atoms with Crippen LogP contribution in [-0.4, -0.2) is 36.8 Å². The number of aromatic nitrogens is 2. The molecule has 1 aromatic heterocycles. The second-order valence-corrected chi connectivity index (χ2v) is 4.38. The van der Waals surface area contributed by atoms with Crippen molar-refractivity contribution in [2.75, 3.05) is 37.9 Å². The van der Waals surface area contributed by atoms with Crippen LogP contribution >= 0.6 is 0 Å². The number of nitrogen functional groups attached to an aromatic ring is 1. The Morgan fingerprint density at radius 2 is 2.11 bits per heavy atom. The fourth-order valence-electron chi connectivity index (χ4n) is 1.31. The standard InChI is InChI=1S/C12H22N4O2/c1-9(2)4-6-18-7-5-14-10-8-11(17-3)16-12(13)15-10/h8-9H,4-7H2,1-3H3,(H3,13,14,15,16). The van der Waals surface area contributed by atoms with E-state index < -0.39 is 0 Å². The minimum Gasteiger partial charge on any atom is -0.481 e. The van der Waals surface area contributed by atoms with Crippen LogP contribution in [0, 0.1) is 5.92 Å². The van der Waals surface area contributed by atoms with Crippen LogP contribution in [0.1, 0.15) is 20.3 Å². The molecule has 1 heterocycles. The monoisotopic (exact) mass is 254 g/mol. The summed E-state index contributed by atoms with van der Waals surface area (Å²) in [5.74, 6) is 1.96. The van der Waals surface area contributed by atoms with E-state index in [2.05, 4.69) is 29.1 Å². The summed E-state index contributed by atoms with van der Waals surface area (Å²) < 4.78 is 10.5. The third-order valence-corrected chi connectivity index (χ3v) is 2.32. The number of nitrogens with one attached hydrogen (secondary N) is 1. The van der Waals surface area contributed by atoms with E-state index >= 15 is 0 Å². The molecule has 0 saturated carbocycles. The van der Waals surface area contributed by atoms with E-state index in [1.54, 1.807) is 13.2 Å². The van der Waals surface area contributed by atoms with Gasteiger partial charge >= 0.3 is 0 Å². The molecular formula is C12H22N4O2. The molecule has 0 radical (unpaired) electrons. The highest BCUT2D eigenvalue weighted by molar-refractivity contribution is 5.42. The van der Waals surface area contributed by atoms with Crippen molar-refractivity contribution in [1.82, 2.24) is 9.97 Å². The van der Waals surface area contributed by atoms with Crippen LogP contribution in [0.5, 0.6) is 5.88 Å². The molecule has 0 aromatic carbocycles. The first kappa shape index (κ1) is 14.5. The quantitative estimate of drug-likeness (QED) is 0.685. The fraction of sp³-hybridized carbons (Fsp3) is 0.667. The lowest BCUT2D eigenvalue weighted by Gasteiger charge is -2.09. The van der Waals surface area contributed by atoms with Gasteiger partial charge in [-0.1, -0.05) is 13.8 Å². The number of hydrogen-bond donors (Lipinski definition) is 2. The van der Waals surface area contributed by atoms with Gasteiger partial charge in [0, 0.05) is 19.2 Å². The lowest BCUT2D eigenvalue weighted by atomic mass is 10.1. The highest BCUT2D eigenvalue weighted by Gasteiger charge is 2.01. The Hall–Kier alpha value is -1.56. The Labute approximate surface area is 108 Å². The maximum absolute atomic E-state index is 5.55. The number of methoxy groups -OCH3 is 1. The van der Waals surface area contributed by atoms with Crippen molar-refractivity contribution in [2.24, 2.45) is 5.92 Å². The SMILES string of the molecule is COc1cc(NCCOCCC(C)C)nc(N)n1. The highest BCUT2D eigenvalue weighted by atomic mass is 16.5. The second-order valence-electron chi connectivity index (χ2n) is 4.38. The fourth-order valence-corrected chi connectivity index (χ4v) is 1.31. The summed E-state index contributed by atoms with van der Waals surface area (Å²) in [7, 11) is 1.54. The van der Waals surface area contributed by atoms with Crippen LogP contribution in [0.2, 0.25) is 0 Å². The Morgan fingerprint density at radius 3 is 2.78 bits per heavy atom. The lowest BCUT2D eigenvalue weighted by molar-refractivity contribution is 0.132. The van der Waals surface area contributed by atoms with Crippen LogP contribution in [0.25, 0.3) is 0 Å². The number of rotatable bonds is 8. The Kier molecular flexibility index (Phi) is 6.21. The summed E-state index contributed by atoms with van der Waals surface area (Å²) in [5.41, 5.74) is 5.55. The maximum Gasteiger partial charge on any atom is 0.225 e. The molecule has 0 unspecified atom stereocenters. The normalized spacial score (nSPS) is 10.7. The Bertz CT molecular complexity index is 358. The van der Waals surface area contributed by atoms with Crippen molar-refractivity contribution >= 4 is 11.8 Å². The topological polar surface area (TPSA) is 82.3 Å². The Morgan fingerprint density at radius 1 is 1.33 bits per heavy atom. The van der Waals surface area contributed by atoms with Crippen LogP contribution in [-0.2, 0) is 4.74 Å². The molecule has 0 saturated heterocycles. The first-order valence-electron chi connectivity index (χ1n) is 6.12. The molecule has 1 aromatic rings. The van der Waals surface area contributed by atoms with Crippen molar-refractivity contribution in [3.8, 4) is 5.88 Å². The molecule has 0 bridgehead atoms. The molecule has 0 aliphatic heterocycles. The van der Waals surface area contributed by atoms with E-state index in [-0.39, 0.29) is 5.95 Å². The first-order chi connectivity index (χ1) is 8.61. The summed E-state index contributed by atoms with van der Waals surface area (Å²) in [6.07, 6.45) is 1.08. The van der Waals surface area contributed by atoms with Crippen molar-refractivity contribution in [3.63, 3.8) is 0 Å². The lowest BCUT2D eigenvalue weighted by Crippen LogP contribution is -2.12. The van der Waals surface area contributed by atoms with Crippen molar-refractivity contribution < 1.29 is 9.47 Å². The van der Waals surface area contributed by atoms with Gasteiger partial charge in [0.1, 0.15) is 5.82 Å². The van der Waals surface area contributed by atoms with Gasteiger partial charge in [0.15, 0.2) is 0 Å². The van der Waals surface area contributed by atoms with Gasteiger partial charge in [-0.15, -0.1) is 0 Å². The van der Waals surface area contributed by atoms with Crippen LogP contribution in [0.3, 0.4) is 0 Å². The zero-order chi connectivity index (χ0) is 13.4. The summed E-state index contributed by atoms with van der Waals surface area (Å²) in [4.78, 5) is 7.95. The molecule has 102 valence electrons. The van der Waals surface area contributed by atoms with Gasteiger partial charge in [-0.3, -0.25) is 0 Å². The molecule has 18 heavy (non-hydrogen) atoms. The second kappa shape index (κ2) is 7.71. The van der Waals surface area contributed by atoms with E-state index in [9.17, 15) is 0 Å². The molecule has 3 N–H and O–H groups in total. The van der Waals surface area contributed by atoms with E-state index in [1.807, 2.05) is 0 Å². The highest BCUT2D eigenvalue weighted by Crippen LogP contribution is 2.13. The largest absolute Gasteiger partial charge is 0.481 e. The number of ether oxygens (including phenoxy) is 2. The summed E-state index contributed by atoms with van der Waals surface area (Å²) in [6.45, 7) is 6.46. The zero-order valence-electron chi connectivity index (χ0n) is 11.3. The summed E-state index contributed by atoms with van der Waals surface area (Å²) >= 11 is 0. The smallest absolute Gasteiger partial charge is 0.225 e. The molecule has 0 aliphatic rings. The average molecular weight is 254 g/mol. The van der Waals surface area contributed by atoms with Crippen molar-refractivity contribution in [3.05, 3.63) is 6.07 Å². The zero-order valence-corrected chi connectivity index (χ0v) is 11.3. The average Bonchev–Trinajstić information content (AvgIpc) is 2.32. The molecule has 6 nitrogen and oxygen atoms in total. The molecule has 6 heteroatoms. The minimum atomic E-state index is 0.192. The van der Waals surface area contributed by atoms with Gasteiger partial charge < -0.3 is 20.5 Å². The number of anilines is 2. The van der Waals surface area contributed by atoms with Gasteiger partial charge in [-0.2, -0.15) is 9.97 Å². The predicted molar refractivity (Wildman–Crippen MR) is 71.8 cm³/mol.